The third kappa shape index (κ3) is 1.70. The zero-order valence-electron chi connectivity index (χ0n) is 8.14. The summed E-state index contributed by atoms with van der Waals surface area (Å²) in [4.78, 5) is 11.5. The Morgan fingerprint density at radius 1 is 1.54 bits per heavy atom. The fraction of sp³-hybridized carbons (Fsp3) is 0.900. The molecule has 0 aromatic rings. The van der Waals surface area contributed by atoms with Gasteiger partial charge in [-0.1, -0.05) is 0 Å². The van der Waals surface area contributed by atoms with Crippen molar-refractivity contribution >= 4 is 5.97 Å². The van der Waals surface area contributed by atoms with Crippen LogP contribution in [0, 0.1) is 5.92 Å². The Morgan fingerprint density at radius 3 is 2.62 bits per heavy atom. The first-order chi connectivity index (χ1) is 6.27. The molecule has 0 amide bonds. The lowest BCUT2D eigenvalue weighted by Crippen LogP contribution is -2.58. The molecule has 2 aliphatic rings. The van der Waals surface area contributed by atoms with Gasteiger partial charge in [0.25, 0.3) is 0 Å². The molecule has 3 nitrogen and oxygen atoms in total. The van der Waals surface area contributed by atoms with Gasteiger partial charge in [0.2, 0.25) is 0 Å². The molecule has 0 bridgehead atoms. The van der Waals surface area contributed by atoms with Crippen molar-refractivity contribution in [2.24, 2.45) is 5.92 Å². The van der Waals surface area contributed by atoms with Gasteiger partial charge in [0.1, 0.15) is 5.54 Å². The molecule has 0 radical (unpaired) electrons. The largest absolute Gasteiger partial charge is 0.468 e. The maximum absolute atomic E-state index is 11.5. The van der Waals surface area contributed by atoms with Gasteiger partial charge in [-0.25, -0.2) is 0 Å². The molecule has 0 saturated heterocycles. The number of methoxy groups -OCH3 is 1. The van der Waals surface area contributed by atoms with E-state index in [1.807, 2.05) is 0 Å². The highest BCUT2D eigenvalue weighted by atomic mass is 16.5. The highest BCUT2D eigenvalue weighted by molar-refractivity contribution is 5.81. The number of carbonyl (C=O) groups is 1. The number of nitrogens with one attached hydrogen (secondary N) is 1. The Balaban J connectivity index is 1.85. The highest BCUT2D eigenvalue weighted by Crippen LogP contribution is 2.35. The van der Waals surface area contributed by atoms with Gasteiger partial charge < -0.3 is 10.1 Å². The van der Waals surface area contributed by atoms with Crippen LogP contribution in [0.5, 0.6) is 0 Å². The molecular formula is C10H17NO2. The second-order valence-corrected chi connectivity index (χ2v) is 4.25. The molecule has 2 rings (SSSR count). The number of esters is 1. The van der Waals surface area contributed by atoms with Crippen LogP contribution in [0.2, 0.25) is 0 Å². The minimum atomic E-state index is -0.308. The molecule has 0 heterocycles. The molecule has 0 atom stereocenters. The number of rotatable bonds is 4. The van der Waals surface area contributed by atoms with Crippen LogP contribution >= 0.6 is 0 Å². The maximum Gasteiger partial charge on any atom is 0.326 e. The van der Waals surface area contributed by atoms with E-state index in [1.165, 1.54) is 20.0 Å². The van der Waals surface area contributed by atoms with E-state index in [0.717, 1.165) is 31.7 Å². The molecule has 2 saturated carbocycles. The molecule has 1 N–H and O–H groups in total. The zero-order valence-corrected chi connectivity index (χ0v) is 8.14. The summed E-state index contributed by atoms with van der Waals surface area (Å²) in [6.07, 6.45) is 5.69. The number of hydrogen-bond acceptors (Lipinski definition) is 3. The first-order valence-corrected chi connectivity index (χ1v) is 5.10. The Hall–Kier alpha value is -0.570. The van der Waals surface area contributed by atoms with Gasteiger partial charge in [0.15, 0.2) is 0 Å². The average molecular weight is 183 g/mol. The van der Waals surface area contributed by atoms with Crippen molar-refractivity contribution in [1.29, 1.82) is 0 Å². The summed E-state index contributed by atoms with van der Waals surface area (Å²) in [7, 11) is 1.47. The van der Waals surface area contributed by atoms with Gasteiger partial charge in [-0.2, -0.15) is 0 Å². The monoisotopic (exact) mass is 183 g/mol. The molecule has 74 valence electrons. The smallest absolute Gasteiger partial charge is 0.326 e. The van der Waals surface area contributed by atoms with Crippen molar-refractivity contribution in [3.05, 3.63) is 0 Å². The van der Waals surface area contributed by atoms with Gasteiger partial charge in [0, 0.05) is 0 Å². The van der Waals surface area contributed by atoms with Crippen molar-refractivity contribution in [3.8, 4) is 0 Å². The van der Waals surface area contributed by atoms with Crippen molar-refractivity contribution in [1.82, 2.24) is 5.32 Å². The Kier molecular flexibility index (Phi) is 2.28. The van der Waals surface area contributed by atoms with Gasteiger partial charge in [-0.05, 0) is 44.6 Å². The predicted molar refractivity (Wildman–Crippen MR) is 49.3 cm³/mol. The lowest BCUT2D eigenvalue weighted by Gasteiger charge is -2.39. The van der Waals surface area contributed by atoms with Crippen LogP contribution in [0.1, 0.15) is 32.1 Å². The minimum Gasteiger partial charge on any atom is -0.468 e. The van der Waals surface area contributed by atoms with Gasteiger partial charge >= 0.3 is 5.97 Å². The summed E-state index contributed by atoms with van der Waals surface area (Å²) in [5, 5.41) is 3.37. The maximum atomic E-state index is 11.5. The summed E-state index contributed by atoms with van der Waals surface area (Å²) >= 11 is 0. The predicted octanol–water partition coefficient (Wildman–Crippen LogP) is 1.08. The van der Waals surface area contributed by atoms with E-state index in [1.54, 1.807) is 0 Å². The Bertz CT molecular complexity index is 207. The van der Waals surface area contributed by atoms with Crippen molar-refractivity contribution in [3.63, 3.8) is 0 Å². The third-order valence-corrected chi connectivity index (χ3v) is 3.21. The lowest BCUT2D eigenvalue weighted by molar-refractivity contribution is -0.152. The summed E-state index contributed by atoms with van der Waals surface area (Å²) in [6.45, 7) is 0.995. The molecule has 0 aromatic heterocycles. The van der Waals surface area contributed by atoms with E-state index in [2.05, 4.69) is 5.32 Å². The molecule has 2 fully saturated rings. The fourth-order valence-electron chi connectivity index (χ4n) is 1.84. The Labute approximate surface area is 78.8 Å². The first kappa shape index (κ1) is 9.00. The van der Waals surface area contributed by atoms with E-state index < -0.39 is 0 Å². The van der Waals surface area contributed by atoms with Crippen LogP contribution in [0.25, 0.3) is 0 Å². The quantitative estimate of drug-likeness (QED) is 0.663. The first-order valence-electron chi connectivity index (χ1n) is 5.10. The van der Waals surface area contributed by atoms with Crippen LogP contribution in [0.3, 0.4) is 0 Å². The molecule has 13 heavy (non-hydrogen) atoms. The molecular weight excluding hydrogens is 166 g/mol. The zero-order chi connectivity index (χ0) is 9.31. The highest BCUT2D eigenvalue weighted by Gasteiger charge is 2.45. The van der Waals surface area contributed by atoms with Crippen LogP contribution in [-0.2, 0) is 9.53 Å². The SMILES string of the molecule is COC(=O)C1(NCC2CC2)CCC1. The Morgan fingerprint density at radius 2 is 2.23 bits per heavy atom. The summed E-state index contributed by atoms with van der Waals surface area (Å²) in [5.41, 5.74) is -0.308. The van der Waals surface area contributed by atoms with Gasteiger partial charge in [0.05, 0.1) is 7.11 Å². The number of ether oxygens (including phenoxy) is 1. The van der Waals surface area contributed by atoms with Crippen LogP contribution in [0.15, 0.2) is 0 Å². The molecule has 0 aromatic carbocycles. The van der Waals surface area contributed by atoms with E-state index in [4.69, 9.17) is 4.74 Å². The van der Waals surface area contributed by atoms with E-state index >= 15 is 0 Å². The second-order valence-electron chi connectivity index (χ2n) is 4.25. The van der Waals surface area contributed by atoms with Crippen molar-refractivity contribution in [2.75, 3.05) is 13.7 Å². The normalized spacial score (nSPS) is 25.0. The second kappa shape index (κ2) is 3.29. The van der Waals surface area contributed by atoms with Gasteiger partial charge in [-0.3, -0.25) is 4.79 Å². The van der Waals surface area contributed by atoms with E-state index in [9.17, 15) is 4.79 Å². The molecule has 2 aliphatic carbocycles. The van der Waals surface area contributed by atoms with Crippen molar-refractivity contribution < 1.29 is 9.53 Å². The van der Waals surface area contributed by atoms with E-state index in [0.29, 0.717) is 0 Å². The molecule has 0 spiro atoms. The lowest BCUT2D eigenvalue weighted by atomic mass is 9.76. The van der Waals surface area contributed by atoms with Crippen LogP contribution in [0.4, 0.5) is 0 Å². The third-order valence-electron chi connectivity index (χ3n) is 3.21. The molecule has 0 aliphatic heterocycles. The molecule has 0 unspecified atom stereocenters. The number of hydrogen-bond donors (Lipinski definition) is 1. The van der Waals surface area contributed by atoms with Crippen LogP contribution in [-0.4, -0.2) is 25.2 Å². The van der Waals surface area contributed by atoms with Crippen molar-refractivity contribution in [2.45, 2.75) is 37.6 Å². The summed E-state index contributed by atoms with van der Waals surface area (Å²) < 4.78 is 4.81. The average Bonchev–Trinajstić information content (AvgIpc) is 2.85. The minimum absolute atomic E-state index is 0.0700. The van der Waals surface area contributed by atoms with Crippen LogP contribution < -0.4 is 5.32 Å². The van der Waals surface area contributed by atoms with E-state index in [-0.39, 0.29) is 11.5 Å². The fourth-order valence-corrected chi connectivity index (χ4v) is 1.84. The molecule has 3 heteroatoms. The standard InChI is InChI=1S/C10H17NO2/c1-13-9(12)10(5-2-6-10)11-7-8-3-4-8/h8,11H,2-7H2,1H3. The summed E-state index contributed by atoms with van der Waals surface area (Å²) in [6, 6.07) is 0. The topological polar surface area (TPSA) is 38.3 Å². The van der Waals surface area contributed by atoms with Gasteiger partial charge in [-0.15, -0.1) is 0 Å². The number of carbonyl (C=O) groups excluding carboxylic acids is 1. The summed E-state index contributed by atoms with van der Waals surface area (Å²) in [5.74, 6) is 0.751.